The topological polar surface area (TPSA) is 47.3 Å². The molecule has 0 bridgehead atoms. The van der Waals surface area contributed by atoms with E-state index in [1.807, 2.05) is 32.0 Å². The van der Waals surface area contributed by atoms with Crippen LogP contribution in [0.4, 0.5) is 11.4 Å². The van der Waals surface area contributed by atoms with Crippen molar-refractivity contribution >= 4 is 11.4 Å². The van der Waals surface area contributed by atoms with Crippen LogP contribution in [0.25, 0.3) is 0 Å². The van der Waals surface area contributed by atoms with Gasteiger partial charge in [-0.2, -0.15) is 0 Å². The van der Waals surface area contributed by atoms with Gasteiger partial charge in [0.2, 0.25) is 0 Å². The van der Waals surface area contributed by atoms with Gasteiger partial charge in [0, 0.05) is 17.3 Å². The third kappa shape index (κ3) is 3.09. The number of nitrogens with two attached hydrogens (primary N) is 1. The second-order valence-electron chi connectivity index (χ2n) is 6.04. The summed E-state index contributed by atoms with van der Waals surface area (Å²) < 4.78 is 5.71. The molecule has 100 valence electrons. The summed E-state index contributed by atoms with van der Waals surface area (Å²) >= 11 is 0. The lowest BCUT2D eigenvalue weighted by Crippen LogP contribution is -2.33. The Morgan fingerprint density at radius 2 is 2.00 bits per heavy atom. The van der Waals surface area contributed by atoms with Crippen molar-refractivity contribution in [2.75, 3.05) is 11.1 Å². The highest BCUT2D eigenvalue weighted by molar-refractivity contribution is 5.62. The van der Waals surface area contributed by atoms with Gasteiger partial charge >= 0.3 is 0 Å². The number of hydrogen-bond donors (Lipinski definition) is 2. The maximum atomic E-state index is 5.92. The van der Waals surface area contributed by atoms with Crippen molar-refractivity contribution in [3.05, 3.63) is 18.2 Å². The Bertz CT molecular complexity index is 423. The predicted molar refractivity (Wildman–Crippen MR) is 77.0 cm³/mol. The summed E-state index contributed by atoms with van der Waals surface area (Å²) in [6.45, 7) is 8.52. The standard InChI is InChI=1S/C15H24N2O/c1-10(2)18-14-9-12(7-8-13(14)16)17-15(3,4)11-5-6-11/h7-11,17H,5-6,16H2,1-4H3. The Morgan fingerprint density at radius 1 is 1.33 bits per heavy atom. The Hall–Kier alpha value is -1.38. The molecule has 0 heterocycles. The summed E-state index contributed by atoms with van der Waals surface area (Å²) in [5.41, 5.74) is 7.84. The smallest absolute Gasteiger partial charge is 0.144 e. The third-order valence-electron chi connectivity index (χ3n) is 3.44. The Kier molecular flexibility index (Phi) is 3.42. The molecule has 1 fully saturated rings. The lowest BCUT2D eigenvalue weighted by Gasteiger charge is -2.28. The molecule has 1 aromatic rings. The van der Waals surface area contributed by atoms with Crippen LogP contribution in [-0.4, -0.2) is 11.6 Å². The average molecular weight is 248 g/mol. The molecule has 0 saturated heterocycles. The van der Waals surface area contributed by atoms with E-state index in [9.17, 15) is 0 Å². The van der Waals surface area contributed by atoms with Gasteiger partial charge in [-0.15, -0.1) is 0 Å². The van der Waals surface area contributed by atoms with Gasteiger partial charge in [-0.05, 0) is 58.6 Å². The van der Waals surface area contributed by atoms with Gasteiger partial charge in [0.15, 0.2) is 0 Å². The van der Waals surface area contributed by atoms with Crippen molar-refractivity contribution < 1.29 is 4.74 Å². The molecular weight excluding hydrogens is 224 g/mol. The molecule has 0 spiro atoms. The molecule has 2 rings (SSSR count). The summed E-state index contributed by atoms with van der Waals surface area (Å²) in [5.74, 6) is 1.55. The van der Waals surface area contributed by atoms with Crippen LogP contribution in [0, 0.1) is 5.92 Å². The average Bonchev–Trinajstić information content (AvgIpc) is 3.05. The molecule has 0 aliphatic heterocycles. The SMILES string of the molecule is CC(C)Oc1cc(NC(C)(C)C2CC2)ccc1N. The molecule has 1 saturated carbocycles. The van der Waals surface area contributed by atoms with Crippen LogP contribution in [0.15, 0.2) is 18.2 Å². The highest BCUT2D eigenvalue weighted by Crippen LogP contribution is 2.41. The van der Waals surface area contributed by atoms with Gasteiger partial charge in [0.25, 0.3) is 0 Å². The van der Waals surface area contributed by atoms with Crippen LogP contribution in [0.2, 0.25) is 0 Å². The Labute approximate surface area is 110 Å². The first-order valence-corrected chi connectivity index (χ1v) is 6.73. The first kappa shape index (κ1) is 13.1. The van der Waals surface area contributed by atoms with Crippen LogP contribution in [0.3, 0.4) is 0 Å². The molecule has 3 N–H and O–H groups in total. The predicted octanol–water partition coefficient (Wildman–Crippen LogP) is 3.66. The molecule has 3 heteroatoms. The second kappa shape index (κ2) is 4.71. The highest BCUT2D eigenvalue weighted by Gasteiger charge is 2.37. The number of benzene rings is 1. The monoisotopic (exact) mass is 248 g/mol. The molecule has 1 aliphatic carbocycles. The van der Waals surface area contributed by atoms with E-state index in [0.717, 1.165) is 17.4 Å². The number of rotatable bonds is 5. The van der Waals surface area contributed by atoms with Crippen LogP contribution >= 0.6 is 0 Å². The molecular formula is C15H24N2O. The van der Waals surface area contributed by atoms with Crippen LogP contribution in [-0.2, 0) is 0 Å². The van der Waals surface area contributed by atoms with Crippen LogP contribution in [0.1, 0.15) is 40.5 Å². The minimum atomic E-state index is 0.138. The summed E-state index contributed by atoms with van der Waals surface area (Å²) in [5, 5.41) is 3.59. The van der Waals surface area contributed by atoms with E-state index in [1.54, 1.807) is 0 Å². The first-order chi connectivity index (χ1) is 8.38. The van der Waals surface area contributed by atoms with Gasteiger partial charge in [-0.3, -0.25) is 0 Å². The minimum absolute atomic E-state index is 0.138. The fraction of sp³-hybridized carbons (Fsp3) is 0.600. The van der Waals surface area contributed by atoms with Gasteiger partial charge in [0.05, 0.1) is 11.8 Å². The zero-order chi connectivity index (χ0) is 13.3. The normalized spacial score (nSPS) is 15.8. The summed E-state index contributed by atoms with van der Waals surface area (Å²) in [4.78, 5) is 0. The van der Waals surface area contributed by atoms with Gasteiger partial charge < -0.3 is 15.8 Å². The number of hydrogen-bond acceptors (Lipinski definition) is 3. The van der Waals surface area contributed by atoms with E-state index < -0.39 is 0 Å². The van der Waals surface area contributed by atoms with Crippen LogP contribution < -0.4 is 15.8 Å². The van der Waals surface area contributed by atoms with Gasteiger partial charge in [-0.1, -0.05) is 0 Å². The maximum absolute atomic E-state index is 5.92. The minimum Gasteiger partial charge on any atom is -0.489 e. The third-order valence-corrected chi connectivity index (χ3v) is 3.44. The van der Waals surface area contributed by atoms with Crippen molar-refractivity contribution in [3.8, 4) is 5.75 Å². The molecule has 0 unspecified atom stereocenters. The molecule has 1 aromatic carbocycles. The fourth-order valence-corrected chi connectivity index (χ4v) is 2.25. The molecule has 0 radical (unpaired) electrons. The summed E-state index contributed by atoms with van der Waals surface area (Å²) in [7, 11) is 0. The zero-order valence-corrected chi connectivity index (χ0v) is 11.8. The molecule has 1 aliphatic rings. The molecule has 0 amide bonds. The van der Waals surface area contributed by atoms with Crippen molar-refractivity contribution in [1.82, 2.24) is 0 Å². The largest absolute Gasteiger partial charge is 0.489 e. The maximum Gasteiger partial charge on any atom is 0.144 e. The fourth-order valence-electron chi connectivity index (χ4n) is 2.25. The lowest BCUT2D eigenvalue weighted by atomic mass is 9.98. The zero-order valence-electron chi connectivity index (χ0n) is 11.8. The second-order valence-corrected chi connectivity index (χ2v) is 6.04. The number of nitrogen functional groups attached to an aromatic ring is 1. The van der Waals surface area contributed by atoms with Gasteiger partial charge in [-0.25, -0.2) is 0 Å². The highest BCUT2D eigenvalue weighted by atomic mass is 16.5. The van der Waals surface area contributed by atoms with Crippen molar-refractivity contribution in [2.45, 2.75) is 52.2 Å². The first-order valence-electron chi connectivity index (χ1n) is 6.73. The molecule has 0 atom stereocenters. The van der Waals surface area contributed by atoms with Crippen molar-refractivity contribution in [3.63, 3.8) is 0 Å². The number of anilines is 2. The lowest BCUT2D eigenvalue weighted by molar-refractivity contribution is 0.244. The quantitative estimate of drug-likeness (QED) is 0.782. The molecule has 0 aromatic heterocycles. The van der Waals surface area contributed by atoms with Crippen LogP contribution in [0.5, 0.6) is 5.75 Å². The van der Waals surface area contributed by atoms with Crippen molar-refractivity contribution in [2.24, 2.45) is 5.92 Å². The van der Waals surface area contributed by atoms with E-state index in [1.165, 1.54) is 12.8 Å². The Morgan fingerprint density at radius 3 is 2.56 bits per heavy atom. The summed E-state index contributed by atoms with van der Waals surface area (Å²) in [6.07, 6.45) is 2.79. The van der Waals surface area contributed by atoms with E-state index in [-0.39, 0.29) is 11.6 Å². The Balaban J connectivity index is 2.13. The molecule has 18 heavy (non-hydrogen) atoms. The van der Waals surface area contributed by atoms with E-state index in [4.69, 9.17) is 10.5 Å². The van der Waals surface area contributed by atoms with Gasteiger partial charge in [0.1, 0.15) is 5.75 Å². The van der Waals surface area contributed by atoms with E-state index in [2.05, 4.69) is 19.2 Å². The van der Waals surface area contributed by atoms with E-state index in [0.29, 0.717) is 5.69 Å². The van der Waals surface area contributed by atoms with Crippen molar-refractivity contribution in [1.29, 1.82) is 0 Å². The number of ether oxygens (including phenoxy) is 1. The van der Waals surface area contributed by atoms with E-state index >= 15 is 0 Å². The molecule has 3 nitrogen and oxygen atoms in total. The summed E-state index contributed by atoms with van der Waals surface area (Å²) in [6, 6.07) is 5.93. The number of nitrogens with one attached hydrogen (secondary N) is 1.